The monoisotopic (exact) mass is 362 g/mol. The summed E-state index contributed by atoms with van der Waals surface area (Å²) in [7, 11) is -3.38. The number of ether oxygens (including phenoxy) is 1. The maximum atomic E-state index is 12.7. The van der Waals surface area contributed by atoms with Crippen LogP contribution < -0.4 is 11.4 Å². The van der Waals surface area contributed by atoms with Crippen LogP contribution in [-0.2, 0) is 24.9 Å². The molecule has 9 nitrogen and oxygen atoms in total. The summed E-state index contributed by atoms with van der Waals surface area (Å²) in [6.45, 7) is 9.22. The summed E-state index contributed by atoms with van der Waals surface area (Å²) in [6.07, 6.45) is 0.838. The number of hydrogen-bond donors (Lipinski definition) is 1. The second kappa shape index (κ2) is 9.27. The average molecular weight is 362 g/mol. The number of nitrogen functional groups attached to an aromatic ring is 1. The first-order valence-corrected chi connectivity index (χ1v) is 9.64. The molecular formula is C14H27N4O5P. The Bertz CT molecular complexity index is 605. The van der Waals surface area contributed by atoms with Gasteiger partial charge in [-0.1, -0.05) is 6.92 Å². The summed E-state index contributed by atoms with van der Waals surface area (Å²) in [4.78, 5) is 19.1. The molecule has 1 aromatic rings. The molecule has 1 atom stereocenters. The second-order valence-electron chi connectivity index (χ2n) is 5.89. The average Bonchev–Trinajstić information content (AvgIpc) is 2.43. The fourth-order valence-electron chi connectivity index (χ4n) is 1.94. The van der Waals surface area contributed by atoms with Gasteiger partial charge in [0.05, 0.1) is 24.9 Å². The minimum Gasteiger partial charge on any atom is -0.368 e. The fraction of sp³-hybridized carbons (Fsp3) is 0.786. The van der Waals surface area contributed by atoms with E-state index in [0.29, 0.717) is 6.42 Å². The molecule has 0 radical (unpaired) electrons. The normalized spacial score (nSPS) is 13.6. The van der Waals surface area contributed by atoms with Crippen LogP contribution in [0, 0.1) is 0 Å². The Balaban J connectivity index is 2.75. The van der Waals surface area contributed by atoms with Crippen LogP contribution in [0.1, 0.15) is 41.0 Å². The van der Waals surface area contributed by atoms with Crippen LogP contribution in [0.4, 0.5) is 5.95 Å². The van der Waals surface area contributed by atoms with E-state index in [1.807, 2.05) is 6.92 Å². The molecule has 2 N–H and O–H groups in total. The zero-order chi connectivity index (χ0) is 18.3. The quantitative estimate of drug-likeness (QED) is 0.628. The van der Waals surface area contributed by atoms with Gasteiger partial charge in [0.25, 0.3) is 0 Å². The molecule has 0 saturated carbocycles. The van der Waals surface area contributed by atoms with Crippen LogP contribution in [0.15, 0.2) is 11.1 Å². The lowest BCUT2D eigenvalue weighted by Gasteiger charge is -2.25. The third-order valence-corrected chi connectivity index (χ3v) is 4.80. The Morgan fingerprint density at radius 2 is 1.83 bits per heavy atom. The molecule has 0 fully saturated rings. The summed E-state index contributed by atoms with van der Waals surface area (Å²) >= 11 is 0. The van der Waals surface area contributed by atoms with Gasteiger partial charge in [-0.25, -0.2) is 9.78 Å². The molecule has 0 aliphatic carbocycles. The van der Waals surface area contributed by atoms with Gasteiger partial charge < -0.3 is 19.5 Å². The standard InChI is InChI=1S/C14H27N4O5P/c1-6-12(7-18-8-16-13(15)17-14(18)19)21-9-24(20,22-10(2)3)23-11(4)5/h8,10-12H,6-7,9H2,1-5H3,(H2,15,17,19)/t12-/m1/s1. The maximum Gasteiger partial charge on any atom is 0.356 e. The minimum absolute atomic E-state index is 0.0783. The number of aromatic nitrogens is 3. The Morgan fingerprint density at radius 3 is 2.29 bits per heavy atom. The maximum absolute atomic E-state index is 12.7. The molecule has 24 heavy (non-hydrogen) atoms. The predicted molar refractivity (Wildman–Crippen MR) is 90.8 cm³/mol. The molecule has 0 aliphatic rings. The van der Waals surface area contributed by atoms with Crippen molar-refractivity contribution in [3.63, 3.8) is 0 Å². The van der Waals surface area contributed by atoms with E-state index in [2.05, 4.69) is 9.97 Å². The largest absolute Gasteiger partial charge is 0.368 e. The highest BCUT2D eigenvalue weighted by Crippen LogP contribution is 2.50. The van der Waals surface area contributed by atoms with Crippen molar-refractivity contribution >= 4 is 13.5 Å². The van der Waals surface area contributed by atoms with Gasteiger partial charge in [0.15, 0.2) is 0 Å². The van der Waals surface area contributed by atoms with E-state index >= 15 is 0 Å². The van der Waals surface area contributed by atoms with Crippen LogP contribution in [0.5, 0.6) is 0 Å². The van der Waals surface area contributed by atoms with Gasteiger partial charge in [0, 0.05) is 0 Å². The van der Waals surface area contributed by atoms with E-state index in [-0.39, 0.29) is 37.2 Å². The molecule has 10 heteroatoms. The van der Waals surface area contributed by atoms with Gasteiger partial charge in [-0.2, -0.15) is 4.98 Å². The lowest BCUT2D eigenvalue weighted by atomic mass is 10.3. The van der Waals surface area contributed by atoms with Crippen molar-refractivity contribution in [1.29, 1.82) is 0 Å². The summed E-state index contributed by atoms with van der Waals surface area (Å²) in [5.41, 5.74) is 4.85. The highest BCUT2D eigenvalue weighted by molar-refractivity contribution is 7.53. The summed E-state index contributed by atoms with van der Waals surface area (Å²) in [5, 5.41) is 0. The van der Waals surface area contributed by atoms with E-state index in [4.69, 9.17) is 19.5 Å². The fourth-order valence-corrected chi connectivity index (χ4v) is 3.79. The van der Waals surface area contributed by atoms with E-state index in [1.165, 1.54) is 10.9 Å². The SMILES string of the molecule is CC[C@H](Cn1cnc(N)nc1=O)OCP(=O)(OC(C)C)OC(C)C. The summed E-state index contributed by atoms with van der Waals surface area (Å²) in [6, 6.07) is 0. The van der Waals surface area contributed by atoms with Crippen molar-refractivity contribution in [2.75, 3.05) is 12.1 Å². The first-order valence-electron chi connectivity index (χ1n) is 7.91. The van der Waals surface area contributed by atoms with E-state index in [9.17, 15) is 9.36 Å². The lowest BCUT2D eigenvalue weighted by Crippen LogP contribution is -2.31. The predicted octanol–water partition coefficient (Wildman–Crippen LogP) is 2.02. The third-order valence-electron chi connectivity index (χ3n) is 2.85. The molecule has 138 valence electrons. The third kappa shape index (κ3) is 7.09. The van der Waals surface area contributed by atoms with Gasteiger partial charge in [-0.05, 0) is 34.1 Å². The number of hydrogen-bond acceptors (Lipinski definition) is 8. The molecule has 0 spiro atoms. The number of anilines is 1. The van der Waals surface area contributed by atoms with Gasteiger partial charge in [-0.15, -0.1) is 0 Å². The highest BCUT2D eigenvalue weighted by atomic mass is 31.2. The molecule has 1 heterocycles. The van der Waals surface area contributed by atoms with Gasteiger partial charge in [0.1, 0.15) is 12.7 Å². The highest BCUT2D eigenvalue weighted by Gasteiger charge is 2.29. The van der Waals surface area contributed by atoms with Crippen molar-refractivity contribution in [2.45, 2.75) is 65.9 Å². The Morgan fingerprint density at radius 1 is 1.25 bits per heavy atom. The zero-order valence-electron chi connectivity index (χ0n) is 14.8. The summed E-state index contributed by atoms with van der Waals surface area (Å²) in [5.74, 6) is -0.0783. The molecule has 0 aromatic carbocycles. The smallest absolute Gasteiger partial charge is 0.356 e. The van der Waals surface area contributed by atoms with Crippen molar-refractivity contribution < 1.29 is 18.3 Å². The molecular weight excluding hydrogens is 335 g/mol. The number of nitrogens with zero attached hydrogens (tertiary/aromatic N) is 3. The van der Waals surface area contributed by atoms with Gasteiger partial charge in [0.2, 0.25) is 5.95 Å². The van der Waals surface area contributed by atoms with E-state index in [1.54, 1.807) is 27.7 Å². The molecule has 0 bridgehead atoms. The van der Waals surface area contributed by atoms with Crippen LogP contribution >= 0.6 is 7.60 Å². The number of rotatable bonds is 10. The van der Waals surface area contributed by atoms with Crippen LogP contribution in [0.25, 0.3) is 0 Å². The van der Waals surface area contributed by atoms with Crippen LogP contribution in [-0.4, -0.2) is 39.2 Å². The Labute approximate surface area is 142 Å². The first kappa shape index (κ1) is 20.8. The van der Waals surface area contributed by atoms with Crippen molar-refractivity contribution in [3.05, 3.63) is 16.8 Å². The van der Waals surface area contributed by atoms with Crippen molar-refractivity contribution in [1.82, 2.24) is 14.5 Å². The molecule has 1 aromatic heterocycles. The molecule has 0 unspecified atom stereocenters. The first-order chi connectivity index (χ1) is 11.1. The van der Waals surface area contributed by atoms with Crippen molar-refractivity contribution in [2.24, 2.45) is 0 Å². The molecule has 1 rings (SSSR count). The number of nitrogens with two attached hydrogens (primary N) is 1. The van der Waals surface area contributed by atoms with Crippen LogP contribution in [0.2, 0.25) is 0 Å². The van der Waals surface area contributed by atoms with E-state index < -0.39 is 13.3 Å². The zero-order valence-corrected chi connectivity index (χ0v) is 15.7. The van der Waals surface area contributed by atoms with Crippen molar-refractivity contribution in [3.8, 4) is 0 Å². The molecule has 0 aliphatic heterocycles. The van der Waals surface area contributed by atoms with E-state index in [0.717, 1.165) is 0 Å². The lowest BCUT2D eigenvalue weighted by molar-refractivity contribution is 0.0416. The summed E-state index contributed by atoms with van der Waals surface area (Å²) < 4.78 is 30.6. The molecule has 0 saturated heterocycles. The topological polar surface area (TPSA) is 119 Å². The van der Waals surface area contributed by atoms with Gasteiger partial charge >= 0.3 is 13.3 Å². The minimum atomic E-state index is -3.38. The Kier molecular flexibility index (Phi) is 8.02. The molecule has 0 amide bonds. The Hall–Kier alpha value is -1.28. The van der Waals surface area contributed by atoms with Gasteiger partial charge in [-0.3, -0.25) is 9.13 Å². The van der Waals surface area contributed by atoms with Crippen LogP contribution in [0.3, 0.4) is 0 Å². The second-order valence-corrected chi connectivity index (χ2v) is 7.80.